The Labute approximate surface area is 150 Å². The Bertz CT molecular complexity index is 852. The third kappa shape index (κ3) is 3.96. The summed E-state index contributed by atoms with van der Waals surface area (Å²) in [5.74, 6) is 0.175. The second-order valence-electron chi connectivity index (χ2n) is 6.37. The van der Waals surface area contributed by atoms with Gasteiger partial charge in [0.15, 0.2) is 6.61 Å². The number of carbonyl (C=O) groups is 1. The highest BCUT2D eigenvalue weighted by molar-refractivity contribution is 6.32. The summed E-state index contributed by atoms with van der Waals surface area (Å²) in [6.45, 7) is 6.60. The van der Waals surface area contributed by atoms with Crippen LogP contribution in [0.15, 0.2) is 27.4 Å². The molecule has 7 heteroatoms. The van der Waals surface area contributed by atoms with Gasteiger partial charge in [-0.1, -0.05) is 11.6 Å². The average Bonchev–Trinajstić information content (AvgIpc) is 2.52. The predicted molar refractivity (Wildman–Crippen MR) is 94.3 cm³/mol. The van der Waals surface area contributed by atoms with E-state index in [0.717, 1.165) is 10.9 Å². The number of nitrogens with zero attached hydrogens (tertiary/aromatic N) is 1. The first kappa shape index (κ1) is 17.8. The number of hydrogen-bond acceptors (Lipinski definition) is 5. The van der Waals surface area contributed by atoms with Gasteiger partial charge in [0, 0.05) is 30.6 Å². The van der Waals surface area contributed by atoms with Gasteiger partial charge in [-0.05, 0) is 32.4 Å². The number of benzene rings is 1. The second-order valence-corrected chi connectivity index (χ2v) is 6.78. The Hall–Kier alpha value is -2.05. The van der Waals surface area contributed by atoms with Crippen LogP contribution in [0.3, 0.4) is 0 Å². The first-order chi connectivity index (χ1) is 11.8. The molecule has 0 saturated carbocycles. The Morgan fingerprint density at radius 3 is 2.64 bits per heavy atom. The second kappa shape index (κ2) is 7.06. The maximum atomic E-state index is 12.4. The zero-order valence-electron chi connectivity index (χ0n) is 14.4. The molecule has 1 aromatic carbocycles. The van der Waals surface area contributed by atoms with Crippen molar-refractivity contribution >= 4 is 28.5 Å². The minimum Gasteiger partial charge on any atom is -0.482 e. The molecule has 0 bridgehead atoms. The van der Waals surface area contributed by atoms with Gasteiger partial charge in [-0.25, -0.2) is 4.79 Å². The molecule has 0 radical (unpaired) electrons. The number of rotatable bonds is 3. The van der Waals surface area contributed by atoms with Crippen molar-refractivity contribution in [3.8, 4) is 5.75 Å². The van der Waals surface area contributed by atoms with Crippen LogP contribution in [0.2, 0.25) is 5.02 Å². The number of aryl methyl sites for hydroxylation is 1. The maximum absolute atomic E-state index is 12.4. The summed E-state index contributed by atoms with van der Waals surface area (Å²) >= 11 is 6.24. The number of amides is 1. The minimum atomic E-state index is -0.439. The van der Waals surface area contributed by atoms with Gasteiger partial charge in [-0.15, -0.1) is 0 Å². The summed E-state index contributed by atoms with van der Waals surface area (Å²) < 4.78 is 16.4. The van der Waals surface area contributed by atoms with Crippen LogP contribution in [0, 0.1) is 6.92 Å². The molecule has 0 aliphatic carbocycles. The molecule has 1 fully saturated rings. The van der Waals surface area contributed by atoms with E-state index in [4.69, 9.17) is 25.5 Å². The van der Waals surface area contributed by atoms with Crippen molar-refractivity contribution in [1.29, 1.82) is 0 Å². The van der Waals surface area contributed by atoms with Gasteiger partial charge < -0.3 is 18.8 Å². The van der Waals surface area contributed by atoms with Gasteiger partial charge in [-0.3, -0.25) is 4.79 Å². The van der Waals surface area contributed by atoms with E-state index in [-0.39, 0.29) is 24.7 Å². The lowest BCUT2D eigenvalue weighted by molar-refractivity contribution is -0.145. The fraction of sp³-hybridized carbons (Fsp3) is 0.444. The number of morpholine rings is 1. The molecule has 1 amide bonds. The molecule has 0 spiro atoms. The Morgan fingerprint density at radius 1 is 1.28 bits per heavy atom. The third-order valence-electron chi connectivity index (χ3n) is 4.13. The van der Waals surface area contributed by atoms with Gasteiger partial charge in [0.2, 0.25) is 0 Å². The van der Waals surface area contributed by atoms with Crippen LogP contribution in [0.25, 0.3) is 11.0 Å². The minimum absolute atomic E-state index is 0.00536. The first-order valence-electron chi connectivity index (χ1n) is 8.13. The molecular weight excluding hydrogens is 346 g/mol. The van der Waals surface area contributed by atoms with Gasteiger partial charge in [0.25, 0.3) is 5.91 Å². The summed E-state index contributed by atoms with van der Waals surface area (Å²) in [5, 5.41) is 1.10. The molecule has 2 heterocycles. The molecule has 2 aromatic rings. The standard InChI is InChI=1S/C18H20ClNO5/c1-10-4-18(22)25-15-6-16(14(19)5-13(10)15)23-9-17(21)20-7-11(2)24-12(3)8-20/h4-6,11-12H,7-9H2,1-3H3/t11-,12-/m0/s1. The topological polar surface area (TPSA) is 69.0 Å². The van der Waals surface area contributed by atoms with Crippen LogP contribution in [0.5, 0.6) is 5.75 Å². The van der Waals surface area contributed by atoms with Crippen LogP contribution in [0.1, 0.15) is 19.4 Å². The highest BCUT2D eigenvalue weighted by Gasteiger charge is 2.26. The molecule has 1 saturated heterocycles. The highest BCUT2D eigenvalue weighted by atomic mass is 35.5. The van der Waals surface area contributed by atoms with Crippen molar-refractivity contribution in [3.63, 3.8) is 0 Å². The van der Waals surface area contributed by atoms with E-state index in [0.29, 0.717) is 29.4 Å². The van der Waals surface area contributed by atoms with E-state index in [1.807, 2.05) is 13.8 Å². The van der Waals surface area contributed by atoms with Gasteiger partial charge >= 0.3 is 5.63 Å². The number of ether oxygens (including phenoxy) is 2. The summed E-state index contributed by atoms with van der Waals surface area (Å²) in [6.07, 6.45) is -0.0107. The molecule has 25 heavy (non-hydrogen) atoms. The summed E-state index contributed by atoms with van der Waals surface area (Å²) in [4.78, 5) is 25.6. The largest absolute Gasteiger partial charge is 0.482 e. The van der Waals surface area contributed by atoms with Crippen LogP contribution < -0.4 is 10.4 Å². The van der Waals surface area contributed by atoms with E-state index < -0.39 is 5.63 Å². The normalized spacial score (nSPS) is 20.7. The summed E-state index contributed by atoms with van der Waals surface area (Å²) in [7, 11) is 0. The quantitative estimate of drug-likeness (QED) is 0.782. The lowest BCUT2D eigenvalue weighted by Crippen LogP contribution is -2.49. The first-order valence-corrected chi connectivity index (χ1v) is 8.51. The fourth-order valence-electron chi connectivity index (χ4n) is 3.04. The maximum Gasteiger partial charge on any atom is 0.336 e. The number of carbonyl (C=O) groups excluding carboxylic acids is 1. The molecule has 0 N–H and O–H groups in total. The monoisotopic (exact) mass is 365 g/mol. The third-order valence-corrected chi connectivity index (χ3v) is 4.42. The van der Waals surface area contributed by atoms with Crippen molar-refractivity contribution in [3.05, 3.63) is 39.2 Å². The molecule has 1 aromatic heterocycles. The molecule has 3 rings (SSSR count). The Balaban J connectivity index is 1.75. The van der Waals surface area contributed by atoms with E-state index in [2.05, 4.69) is 0 Å². The number of halogens is 1. The van der Waals surface area contributed by atoms with Crippen LogP contribution in [-0.4, -0.2) is 42.7 Å². The molecular formula is C18H20ClNO5. The van der Waals surface area contributed by atoms with Gasteiger partial charge in [-0.2, -0.15) is 0 Å². The Morgan fingerprint density at radius 2 is 1.96 bits per heavy atom. The molecule has 1 aliphatic heterocycles. The van der Waals surface area contributed by atoms with Gasteiger partial charge in [0.1, 0.15) is 11.3 Å². The van der Waals surface area contributed by atoms with Crippen molar-refractivity contribution in [1.82, 2.24) is 4.90 Å². The van der Waals surface area contributed by atoms with Crippen molar-refractivity contribution in [2.75, 3.05) is 19.7 Å². The van der Waals surface area contributed by atoms with Gasteiger partial charge in [0.05, 0.1) is 17.2 Å². The smallest absolute Gasteiger partial charge is 0.336 e. The SMILES string of the molecule is Cc1cc(=O)oc2cc(OCC(=O)N3C[C@H](C)O[C@@H](C)C3)c(Cl)cc12. The molecule has 134 valence electrons. The Kier molecular flexibility index (Phi) is 5.01. The molecule has 2 atom stereocenters. The molecule has 1 aliphatic rings. The van der Waals surface area contributed by atoms with E-state index in [1.165, 1.54) is 6.07 Å². The lowest BCUT2D eigenvalue weighted by atomic mass is 10.1. The molecule has 0 unspecified atom stereocenters. The molecule has 6 nitrogen and oxygen atoms in total. The zero-order valence-corrected chi connectivity index (χ0v) is 15.1. The van der Waals surface area contributed by atoms with E-state index >= 15 is 0 Å². The van der Waals surface area contributed by atoms with Crippen molar-refractivity contribution < 1.29 is 18.7 Å². The van der Waals surface area contributed by atoms with Crippen molar-refractivity contribution in [2.24, 2.45) is 0 Å². The van der Waals surface area contributed by atoms with Crippen LogP contribution in [-0.2, 0) is 9.53 Å². The predicted octanol–water partition coefficient (Wildman–Crippen LogP) is 2.77. The average molecular weight is 366 g/mol. The summed E-state index contributed by atoms with van der Waals surface area (Å²) in [6, 6.07) is 4.63. The van der Waals surface area contributed by atoms with E-state index in [9.17, 15) is 9.59 Å². The lowest BCUT2D eigenvalue weighted by Gasteiger charge is -2.35. The summed E-state index contributed by atoms with van der Waals surface area (Å²) in [5.41, 5.74) is 0.711. The van der Waals surface area contributed by atoms with Crippen LogP contribution >= 0.6 is 11.6 Å². The van der Waals surface area contributed by atoms with Crippen LogP contribution in [0.4, 0.5) is 0 Å². The van der Waals surface area contributed by atoms with Crippen molar-refractivity contribution in [2.45, 2.75) is 33.0 Å². The fourth-order valence-corrected chi connectivity index (χ4v) is 3.26. The zero-order chi connectivity index (χ0) is 18.1. The number of fused-ring (bicyclic) bond motifs is 1. The highest BCUT2D eigenvalue weighted by Crippen LogP contribution is 2.31. The van der Waals surface area contributed by atoms with E-state index in [1.54, 1.807) is 24.0 Å². The number of hydrogen-bond donors (Lipinski definition) is 0.